The standard InChI is InChI=1S/C16H24N4/c1-3-12-4-2-8-20(15(12)5-1)16-11-18-14(10-19-16)9-17-13-6-7-13/h10-13,15,17H,1-9H2. The Morgan fingerprint density at radius 3 is 2.75 bits per heavy atom. The largest absolute Gasteiger partial charge is 0.352 e. The molecule has 2 atom stereocenters. The average Bonchev–Trinajstić information content (AvgIpc) is 3.20. The van der Waals surface area contributed by atoms with Crippen molar-refractivity contribution in [3.8, 4) is 0 Å². The highest BCUT2D eigenvalue weighted by Gasteiger charge is 2.35. The van der Waals surface area contributed by atoms with Crippen molar-refractivity contribution >= 4 is 5.82 Å². The highest BCUT2D eigenvalue weighted by Crippen LogP contribution is 2.38. The van der Waals surface area contributed by atoms with E-state index >= 15 is 0 Å². The third-order valence-electron chi connectivity index (χ3n) is 5.13. The number of fused-ring (bicyclic) bond motifs is 1. The van der Waals surface area contributed by atoms with Gasteiger partial charge in [-0.15, -0.1) is 0 Å². The lowest BCUT2D eigenvalue weighted by atomic mass is 9.92. The zero-order valence-corrected chi connectivity index (χ0v) is 12.1. The summed E-state index contributed by atoms with van der Waals surface area (Å²) in [6.45, 7) is 2.03. The van der Waals surface area contributed by atoms with Crippen LogP contribution in [0.4, 0.5) is 5.82 Å². The molecule has 2 aliphatic carbocycles. The van der Waals surface area contributed by atoms with Gasteiger partial charge < -0.3 is 10.2 Å². The Labute approximate surface area is 121 Å². The van der Waals surface area contributed by atoms with E-state index in [0.29, 0.717) is 0 Å². The van der Waals surface area contributed by atoms with Gasteiger partial charge in [0.15, 0.2) is 0 Å². The summed E-state index contributed by atoms with van der Waals surface area (Å²) in [7, 11) is 0. The molecular weight excluding hydrogens is 248 g/mol. The van der Waals surface area contributed by atoms with Crippen LogP contribution >= 0.6 is 0 Å². The molecule has 0 amide bonds. The lowest BCUT2D eigenvalue weighted by Crippen LogP contribution is -2.43. The summed E-state index contributed by atoms with van der Waals surface area (Å²) < 4.78 is 0. The summed E-state index contributed by atoms with van der Waals surface area (Å²) in [5.74, 6) is 2.00. The van der Waals surface area contributed by atoms with Crippen molar-refractivity contribution < 1.29 is 0 Å². The molecule has 4 rings (SSSR count). The van der Waals surface area contributed by atoms with E-state index in [0.717, 1.165) is 42.6 Å². The van der Waals surface area contributed by atoms with Crippen molar-refractivity contribution in [2.75, 3.05) is 11.4 Å². The predicted octanol–water partition coefficient (Wildman–Crippen LogP) is 2.50. The summed E-state index contributed by atoms with van der Waals surface area (Å²) in [6.07, 6.45) is 13.5. The van der Waals surface area contributed by atoms with Crippen LogP contribution < -0.4 is 10.2 Å². The molecule has 4 nitrogen and oxygen atoms in total. The molecule has 2 saturated carbocycles. The van der Waals surface area contributed by atoms with Crippen LogP contribution in [0.3, 0.4) is 0 Å². The number of anilines is 1. The maximum absolute atomic E-state index is 4.68. The first kappa shape index (κ1) is 12.6. The molecule has 1 aromatic heterocycles. The fourth-order valence-electron chi connectivity index (χ4n) is 3.86. The van der Waals surface area contributed by atoms with Crippen LogP contribution in [-0.2, 0) is 6.54 Å². The van der Waals surface area contributed by atoms with E-state index in [1.54, 1.807) is 0 Å². The molecule has 3 aliphatic rings. The van der Waals surface area contributed by atoms with Crippen LogP contribution in [0.25, 0.3) is 0 Å². The van der Waals surface area contributed by atoms with Crippen LogP contribution in [0, 0.1) is 5.92 Å². The first-order valence-electron chi connectivity index (χ1n) is 8.21. The fourth-order valence-corrected chi connectivity index (χ4v) is 3.86. The molecule has 2 heterocycles. The van der Waals surface area contributed by atoms with Gasteiger partial charge in [0.1, 0.15) is 5.82 Å². The second-order valence-electron chi connectivity index (χ2n) is 6.62. The van der Waals surface area contributed by atoms with Gasteiger partial charge in [-0.25, -0.2) is 4.98 Å². The molecule has 4 heteroatoms. The van der Waals surface area contributed by atoms with Crippen molar-refractivity contribution in [3.63, 3.8) is 0 Å². The molecule has 20 heavy (non-hydrogen) atoms. The van der Waals surface area contributed by atoms with E-state index in [1.165, 1.54) is 44.9 Å². The Hall–Kier alpha value is -1.16. The van der Waals surface area contributed by atoms with E-state index < -0.39 is 0 Å². The number of aromatic nitrogens is 2. The van der Waals surface area contributed by atoms with Crippen molar-refractivity contribution in [2.24, 2.45) is 5.92 Å². The second-order valence-corrected chi connectivity index (χ2v) is 6.62. The van der Waals surface area contributed by atoms with E-state index in [-0.39, 0.29) is 0 Å². The van der Waals surface area contributed by atoms with Crippen LogP contribution in [0.1, 0.15) is 50.6 Å². The van der Waals surface area contributed by atoms with Crippen molar-refractivity contribution in [1.29, 1.82) is 0 Å². The van der Waals surface area contributed by atoms with Gasteiger partial charge in [0, 0.05) is 25.2 Å². The maximum Gasteiger partial charge on any atom is 0.147 e. The topological polar surface area (TPSA) is 41.1 Å². The van der Waals surface area contributed by atoms with Gasteiger partial charge in [0.2, 0.25) is 0 Å². The minimum Gasteiger partial charge on any atom is -0.352 e. The first-order chi connectivity index (χ1) is 9.90. The number of hydrogen-bond acceptors (Lipinski definition) is 4. The lowest BCUT2D eigenvalue weighted by molar-refractivity contribution is 0.360. The Balaban J connectivity index is 1.44. The zero-order valence-electron chi connectivity index (χ0n) is 12.1. The molecule has 0 radical (unpaired) electrons. The van der Waals surface area contributed by atoms with Crippen LogP contribution in [0.5, 0.6) is 0 Å². The third kappa shape index (κ3) is 2.53. The molecule has 0 aromatic carbocycles. The Morgan fingerprint density at radius 1 is 1.05 bits per heavy atom. The molecule has 1 aliphatic heterocycles. The van der Waals surface area contributed by atoms with E-state index in [9.17, 15) is 0 Å². The minimum atomic E-state index is 0.730. The predicted molar refractivity (Wildman–Crippen MR) is 79.6 cm³/mol. The van der Waals surface area contributed by atoms with E-state index in [2.05, 4.69) is 20.2 Å². The summed E-state index contributed by atoms with van der Waals surface area (Å²) in [5.41, 5.74) is 1.07. The van der Waals surface area contributed by atoms with Gasteiger partial charge in [-0.1, -0.05) is 6.42 Å². The number of piperidine rings is 1. The quantitative estimate of drug-likeness (QED) is 0.914. The maximum atomic E-state index is 4.68. The number of nitrogens with zero attached hydrogens (tertiary/aromatic N) is 3. The van der Waals surface area contributed by atoms with E-state index in [1.807, 2.05) is 12.4 Å². The summed E-state index contributed by atoms with van der Waals surface area (Å²) in [6, 6.07) is 1.46. The molecule has 1 saturated heterocycles. The zero-order chi connectivity index (χ0) is 13.4. The van der Waals surface area contributed by atoms with Crippen LogP contribution in [-0.4, -0.2) is 28.6 Å². The molecule has 2 unspecified atom stereocenters. The monoisotopic (exact) mass is 272 g/mol. The number of rotatable bonds is 4. The van der Waals surface area contributed by atoms with Crippen molar-refractivity contribution in [3.05, 3.63) is 18.1 Å². The fraction of sp³-hybridized carbons (Fsp3) is 0.750. The molecular formula is C16H24N4. The smallest absolute Gasteiger partial charge is 0.147 e. The molecule has 3 fully saturated rings. The molecule has 0 spiro atoms. The van der Waals surface area contributed by atoms with Crippen molar-refractivity contribution in [2.45, 2.75) is 63.6 Å². The second kappa shape index (κ2) is 5.32. The Kier molecular flexibility index (Phi) is 3.34. The van der Waals surface area contributed by atoms with Gasteiger partial charge in [-0.05, 0) is 44.4 Å². The molecule has 1 aromatic rings. The summed E-state index contributed by atoms with van der Waals surface area (Å²) in [4.78, 5) is 11.8. The van der Waals surface area contributed by atoms with Gasteiger partial charge in [-0.3, -0.25) is 4.98 Å². The van der Waals surface area contributed by atoms with Gasteiger partial charge in [-0.2, -0.15) is 0 Å². The molecule has 0 bridgehead atoms. The minimum absolute atomic E-state index is 0.730. The number of hydrogen-bond donors (Lipinski definition) is 1. The normalized spacial score (nSPS) is 29.5. The third-order valence-corrected chi connectivity index (χ3v) is 5.13. The van der Waals surface area contributed by atoms with Crippen LogP contribution in [0.15, 0.2) is 12.4 Å². The van der Waals surface area contributed by atoms with E-state index in [4.69, 9.17) is 0 Å². The van der Waals surface area contributed by atoms with Crippen LogP contribution in [0.2, 0.25) is 0 Å². The van der Waals surface area contributed by atoms with Gasteiger partial charge >= 0.3 is 0 Å². The molecule has 1 N–H and O–H groups in total. The lowest BCUT2D eigenvalue weighted by Gasteiger charge is -2.38. The van der Waals surface area contributed by atoms with Gasteiger partial charge in [0.25, 0.3) is 0 Å². The SMILES string of the molecule is c1nc(N2CCCC3CCCC32)cnc1CNC1CC1. The number of nitrogens with one attached hydrogen (secondary N) is 1. The Morgan fingerprint density at radius 2 is 1.95 bits per heavy atom. The Bertz CT molecular complexity index is 454. The molecule has 108 valence electrons. The van der Waals surface area contributed by atoms with Gasteiger partial charge in [0.05, 0.1) is 18.1 Å². The highest BCUT2D eigenvalue weighted by molar-refractivity contribution is 5.39. The first-order valence-corrected chi connectivity index (χ1v) is 8.21. The van der Waals surface area contributed by atoms with Crippen molar-refractivity contribution in [1.82, 2.24) is 15.3 Å². The summed E-state index contributed by atoms with van der Waals surface area (Å²) in [5, 5.41) is 3.49. The highest BCUT2D eigenvalue weighted by atomic mass is 15.2. The average molecular weight is 272 g/mol. The summed E-state index contributed by atoms with van der Waals surface area (Å²) >= 11 is 0.